The largest absolute Gasteiger partial charge is 0.370 e. The van der Waals surface area contributed by atoms with Gasteiger partial charge in [0.2, 0.25) is 0 Å². The van der Waals surface area contributed by atoms with E-state index in [9.17, 15) is 0 Å². The van der Waals surface area contributed by atoms with E-state index in [2.05, 4.69) is 38.1 Å². The third-order valence-corrected chi connectivity index (χ3v) is 4.38. The number of aryl methyl sites for hydroxylation is 4. The SMILES string of the molecule is Cc1nccn1CCCCN=C(N)Nc1ccc2c(c1)CCC2.I. The van der Waals surface area contributed by atoms with Crippen LogP contribution < -0.4 is 11.1 Å². The van der Waals surface area contributed by atoms with Crippen LogP contribution in [0.2, 0.25) is 0 Å². The Bertz CT molecular complexity index is 692. The minimum absolute atomic E-state index is 0. The molecule has 0 saturated carbocycles. The first-order chi connectivity index (χ1) is 11.2. The Hall–Kier alpha value is -1.57. The van der Waals surface area contributed by atoms with Crippen molar-refractivity contribution in [2.75, 3.05) is 11.9 Å². The first-order valence-corrected chi connectivity index (χ1v) is 8.39. The molecule has 1 heterocycles. The summed E-state index contributed by atoms with van der Waals surface area (Å²) in [7, 11) is 0. The van der Waals surface area contributed by atoms with Crippen LogP contribution in [0.4, 0.5) is 5.69 Å². The summed E-state index contributed by atoms with van der Waals surface area (Å²) in [5.41, 5.74) is 9.93. The van der Waals surface area contributed by atoms with Crippen molar-refractivity contribution in [2.45, 2.75) is 45.6 Å². The molecule has 0 unspecified atom stereocenters. The molecule has 130 valence electrons. The zero-order valence-corrected chi connectivity index (χ0v) is 16.5. The predicted octanol–water partition coefficient (Wildman–Crippen LogP) is 3.51. The molecule has 0 radical (unpaired) electrons. The lowest BCUT2D eigenvalue weighted by Gasteiger charge is -2.08. The van der Waals surface area contributed by atoms with Crippen molar-refractivity contribution in [3.8, 4) is 0 Å². The van der Waals surface area contributed by atoms with Crippen LogP contribution >= 0.6 is 24.0 Å². The van der Waals surface area contributed by atoms with Gasteiger partial charge in [0.1, 0.15) is 5.82 Å². The van der Waals surface area contributed by atoms with Crippen molar-refractivity contribution in [1.29, 1.82) is 0 Å². The molecular weight excluding hydrogens is 413 g/mol. The molecule has 6 heteroatoms. The van der Waals surface area contributed by atoms with Crippen LogP contribution in [0, 0.1) is 6.92 Å². The highest BCUT2D eigenvalue weighted by Crippen LogP contribution is 2.24. The maximum atomic E-state index is 5.98. The molecule has 0 aliphatic heterocycles. The highest BCUT2D eigenvalue weighted by Gasteiger charge is 2.10. The van der Waals surface area contributed by atoms with Crippen molar-refractivity contribution in [2.24, 2.45) is 10.7 Å². The van der Waals surface area contributed by atoms with Crippen molar-refractivity contribution in [3.63, 3.8) is 0 Å². The van der Waals surface area contributed by atoms with Gasteiger partial charge in [-0.25, -0.2) is 4.98 Å². The molecule has 0 atom stereocenters. The number of nitrogens with one attached hydrogen (secondary N) is 1. The third kappa shape index (κ3) is 4.96. The lowest BCUT2D eigenvalue weighted by atomic mass is 10.1. The number of unbranched alkanes of at least 4 members (excludes halogenated alkanes) is 1. The van der Waals surface area contributed by atoms with Crippen LogP contribution in [0.15, 0.2) is 35.6 Å². The topological polar surface area (TPSA) is 68.2 Å². The van der Waals surface area contributed by atoms with E-state index in [-0.39, 0.29) is 24.0 Å². The summed E-state index contributed by atoms with van der Waals surface area (Å²) in [6, 6.07) is 6.49. The Kier molecular flexibility index (Phi) is 7.08. The van der Waals surface area contributed by atoms with Gasteiger partial charge in [0.25, 0.3) is 0 Å². The van der Waals surface area contributed by atoms with Crippen LogP contribution in [0.1, 0.15) is 36.2 Å². The Morgan fingerprint density at radius 1 is 1.29 bits per heavy atom. The number of guanidine groups is 1. The van der Waals surface area contributed by atoms with Gasteiger partial charge in [-0.1, -0.05) is 6.07 Å². The number of hydrogen-bond acceptors (Lipinski definition) is 2. The van der Waals surface area contributed by atoms with Gasteiger partial charge in [-0.3, -0.25) is 4.99 Å². The monoisotopic (exact) mass is 439 g/mol. The lowest BCUT2D eigenvalue weighted by Crippen LogP contribution is -2.23. The van der Waals surface area contributed by atoms with Crippen LogP contribution in [0.25, 0.3) is 0 Å². The highest BCUT2D eigenvalue weighted by atomic mass is 127. The summed E-state index contributed by atoms with van der Waals surface area (Å²) in [4.78, 5) is 8.63. The maximum Gasteiger partial charge on any atom is 0.193 e. The fourth-order valence-corrected chi connectivity index (χ4v) is 3.07. The predicted molar refractivity (Wildman–Crippen MR) is 110 cm³/mol. The molecule has 1 aliphatic rings. The summed E-state index contributed by atoms with van der Waals surface area (Å²) >= 11 is 0. The van der Waals surface area contributed by atoms with E-state index in [1.54, 1.807) is 0 Å². The average molecular weight is 439 g/mol. The lowest BCUT2D eigenvalue weighted by molar-refractivity contribution is 0.602. The average Bonchev–Trinajstić information content (AvgIpc) is 3.15. The zero-order chi connectivity index (χ0) is 16.1. The number of aromatic nitrogens is 2. The van der Waals surface area contributed by atoms with Crippen LogP contribution in [-0.2, 0) is 19.4 Å². The number of nitrogens with two attached hydrogens (primary N) is 1. The molecule has 0 bridgehead atoms. The summed E-state index contributed by atoms with van der Waals surface area (Å²) in [5, 5.41) is 3.20. The van der Waals surface area contributed by atoms with Gasteiger partial charge >= 0.3 is 0 Å². The summed E-state index contributed by atoms with van der Waals surface area (Å²) in [5.74, 6) is 1.56. The highest BCUT2D eigenvalue weighted by molar-refractivity contribution is 14.0. The smallest absolute Gasteiger partial charge is 0.193 e. The van der Waals surface area contributed by atoms with Gasteiger partial charge in [0, 0.05) is 31.2 Å². The van der Waals surface area contributed by atoms with Crippen molar-refractivity contribution >= 4 is 35.6 Å². The fourth-order valence-electron chi connectivity index (χ4n) is 3.07. The summed E-state index contributed by atoms with van der Waals surface area (Å²) in [6.45, 7) is 3.76. The maximum absolute atomic E-state index is 5.98. The molecule has 3 rings (SSSR count). The van der Waals surface area contributed by atoms with E-state index in [1.807, 2.05) is 19.3 Å². The third-order valence-electron chi connectivity index (χ3n) is 4.38. The molecular formula is C18H26IN5. The van der Waals surface area contributed by atoms with Crippen LogP contribution in [0.5, 0.6) is 0 Å². The number of halogens is 1. The van der Waals surface area contributed by atoms with Gasteiger partial charge in [-0.2, -0.15) is 0 Å². The molecule has 5 nitrogen and oxygen atoms in total. The van der Waals surface area contributed by atoms with Crippen molar-refractivity contribution < 1.29 is 0 Å². The van der Waals surface area contributed by atoms with Gasteiger partial charge in [-0.15, -0.1) is 24.0 Å². The van der Waals surface area contributed by atoms with E-state index in [0.717, 1.165) is 37.4 Å². The second kappa shape index (κ2) is 9.05. The molecule has 2 aromatic rings. The number of nitrogens with zero attached hydrogens (tertiary/aromatic N) is 3. The molecule has 1 aliphatic carbocycles. The molecule has 24 heavy (non-hydrogen) atoms. The summed E-state index contributed by atoms with van der Waals surface area (Å²) < 4.78 is 2.16. The molecule has 3 N–H and O–H groups in total. The molecule has 0 amide bonds. The van der Waals surface area contributed by atoms with Crippen molar-refractivity contribution in [3.05, 3.63) is 47.5 Å². The van der Waals surface area contributed by atoms with Crippen LogP contribution in [-0.4, -0.2) is 22.1 Å². The van der Waals surface area contributed by atoms with Gasteiger partial charge in [-0.05, 0) is 62.3 Å². The van der Waals surface area contributed by atoms with E-state index >= 15 is 0 Å². The number of aliphatic imine (C=N–C) groups is 1. The quantitative estimate of drug-likeness (QED) is 0.313. The number of hydrogen-bond donors (Lipinski definition) is 2. The van der Waals surface area contributed by atoms with E-state index in [4.69, 9.17) is 5.73 Å². The minimum Gasteiger partial charge on any atom is -0.370 e. The van der Waals surface area contributed by atoms with Crippen molar-refractivity contribution in [1.82, 2.24) is 9.55 Å². The fraction of sp³-hybridized carbons (Fsp3) is 0.444. The Morgan fingerprint density at radius 3 is 2.92 bits per heavy atom. The zero-order valence-electron chi connectivity index (χ0n) is 14.2. The number of imidazole rings is 1. The molecule has 0 saturated heterocycles. The molecule has 0 spiro atoms. The Morgan fingerprint density at radius 2 is 2.12 bits per heavy atom. The number of fused-ring (bicyclic) bond motifs is 1. The first-order valence-electron chi connectivity index (χ1n) is 8.39. The Balaban J connectivity index is 0.00000208. The molecule has 0 fully saturated rings. The van der Waals surface area contributed by atoms with Gasteiger partial charge in [0.15, 0.2) is 5.96 Å². The minimum atomic E-state index is 0. The van der Waals surface area contributed by atoms with Gasteiger partial charge < -0.3 is 15.6 Å². The second-order valence-corrected chi connectivity index (χ2v) is 6.10. The van der Waals surface area contributed by atoms with E-state index < -0.39 is 0 Å². The standard InChI is InChI=1S/C18H25N5.HI/c1-14-20-10-12-23(14)11-3-2-9-21-18(19)22-17-8-7-15-5-4-6-16(15)13-17;/h7-8,10,12-13H,2-6,9,11H2,1H3,(H3,19,21,22);1H. The van der Waals surface area contributed by atoms with E-state index in [0.29, 0.717) is 5.96 Å². The summed E-state index contributed by atoms with van der Waals surface area (Å²) in [6.07, 6.45) is 9.59. The normalized spacial score (nSPS) is 13.5. The second-order valence-electron chi connectivity index (χ2n) is 6.10. The van der Waals surface area contributed by atoms with Crippen LogP contribution in [0.3, 0.4) is 0 Å². The number of anilines is 1. The number of benzene rings is 1. The molecule has 1 aromatic carbocycles. The van der Waals surface area contributed by atoms with E-state index in [1.165, 1.54) is 30.4 Å². The van der Waals surface area contributed by atoms with Gasteiger partial charge in [0.05, 0.1) is 0 Å². The Labute approximate surface area is 160 Å². The molecule has 1 aromatic heterocycles. The first kappa shape index (κ1) is 18.8. The number of rotatable bonds is 6.